The molecule has 0 saturated carbocycles. The van der Waals surface area contributed by atoms with E-state index in [4.69, 9.17) is 14.2 Å². The van der Waals surface area contributed by atoms with Crippen LogP contribution in [-0.4, -0.2) is 34.3 Å². The largest absolute Gasteiger partial charge is 0.492 e. The summed E-state index contributed by atoms with van der Waals surface area (Å²) in [6.07, 6.45) is 1.12. The van der Waals surface area contributed by atoms with Crippen LogP contribution in [-0.2, 0) is 22.5 Å². The van der Waals surface area contributed by atoms with E-state index in [9.17, 15) is 9.59 Å². The summed E-state index contributed by atoms with van der Waals surface area (Å²) in [7, 11) is 0. The van der Waals surface area contributed by atoms with E-state index in [2.05, 4.69) is 4.98 Å². The molecule has 3 aromatic rings. The van der Waals surface area contributed by atoms with Crippen molar-refractivity contribution in [3.05, 3.63) is 76.8 Å². The highest BCUT2D eigenvalue weighted by Crippen LogP contribution is 2.25. The number of hydrogen-bond acceptors (Lipinski definition) is 6. The normalized spacial score (nSPS) is 12.6. The highest BCUT2D eigenvalue weighted by molar-refractivity contribution is 5.79. The Morgan fingerprint density at radius 1 is 1.00 bits per heavy atom. The number of carbonyl (C=O) groups excluding carboxylic acids is 1. The minimum Gasteiger partial charge on any atom is -0.492 e. The predicted octanol–water partition coefficient (Wildman–Crippen LogP) is 4.66. The van der Waals surface area contributed by atoms with E-state index in [1.54, 1.807) is 48.7 Å². The highest BCUT2D eigenvalue weighted by Gasteiger charge is 2.35. The number of carbonyl (C=O) groups is 1. The van der Waals surface area contributed by atoms with Crippen molar-refractivity contribution < 1.29 is 19.0 Å². The van der Waals surface area contributed by atoms with Gasteiger partial charge in [-0.2, -0.15) is 0 Å². The van der Waals surface area contributed by atoms with Crippen molar-refractivity contribution in [2.24, 2.45) is 0 Å². The van der Waals surface area contributed by atoms with Gasteiger partial charge in [-0.3, -0.25) is 9.36 Å². The zero-order valence-corrected chi connectivity index (χ0v) is 20.2. The Hall–Kier alpha value is -3.61. The fourth-order valence-corrected chi connectivity index (χ4v) is 3.48. The number of aromatic nitrogens is 2. The van der Waals surface area contributed by atoms with E-state index in [0.717, 1.165) is 11.4 Å². The summed E-state index contributed by atoms with van der Waals surface area (Å²) >= 11 is 0. The van der Waals surface area contributed by atoms with Crippen LogP contribution in [0, 0.1) is 0 Å². The van der Waals surface area contributed by atoms with Crippen LogP contribution in [0.15, 0.2) is 65.5 Å². The standard InChI is InChI=1S/C27H32N2O5/c1-5-24-28-23(20-11-9-8-10-12-20)19-25(30)29(24)17-18-33-21-13-15-22(16-14-21)34-27(4,6-2)26(31)32-7-3/h8-16,19H,5-7,17-18H2,1-4H3. The van der Waals surface area contributed by atoms with Crippen LogP contribution in [0.2, 0.25) is 0 Å². The molecule has 1 heterocycles. The van der Waals surface area contributed by atoms with E-state index >= 15 is 0 Å². The molecule has 0 amide bonds. The van der Waals surface area contributed by atoms with Gasteiger partial charge in [0.1, 0.15) is 23.9 Å². The molecule has 0 aliphatic carbocycles. The molecule has 0 N–H and O–H groups in total. The molecule has 1 aromatic heterocycles. The van der Waals surface area contributed by atoms with E-state index in [-0.39, 0.29) is 11.5 Å². The number of nitrogens with zero attached hydrogens (tertiary/aromatic N) is 2. The van der Waals surface area contributed by atoms with Gasteiger partial charge in [0.15, 0.2) is 0 Å². The number of benzene rings is 2. The van der Waals surface area contributed by atoms with Crippen LogP contribution in [0.25, 0.3) is 11.3 Å². The Bertz CT molecular complexity index is 1140. The molecule has 0 radical (unpaired) electrons. The van der Waals surface area contributed by atoms with Gasteiger partial charge in [-0.1, -0.05) is 44.2 Å². The first-order chi connectivity index (χ1) is 16.4. The van der Waals surface area contributed by atoms with Gasteiger partial charge in [0.25, 0.3) is 5.56 Å². The van der Waals surface area contributed by atoms with E-state index in [0.29, 0.717) is 49.8 Å². The van der Waals surface area contributed by atoms with E-state index in [1.165, 1.54) is 0 Å². The quantitative estimate of drug-likeness (QED) is 0.384. The number of esters is 1. The van der Waals surface area contributed by atoms with Crippen LogP contribution >= 0.6 is 0 Å². The second kappa shape index (κ2) is 11.5. The Kier molecular flexibility index (Phi) is 8.46. The van der Waals surface area contributed by atoms with Gasteiger partial charge in [0.2, 0.25) is 5.60 Å². The summed E-state index contributed by atoms with van der Waals surface area (Å²) in [4.78, 5) is 29.7. The first kappa shape index (κ1) is 25.0. The molecule has 180 valence electrons. The molecular formula is C27H32N2O5. The van der Waals surface area contributed by atoms with Crippen LogP contribution < -0.4 is 15.0 Å². The topological polar surface area (TPSA) is 79.7 Å². The summed E-state index contributed by atoms with van der Waals surface area (Å²) in [6, 6.07) is 18.3. The molecule has 1 atom stereocenters. The van der Waals surface area contributed by atoms with Crippen molar-refractivity contribution in [3.8, 4) is 22.8 Å². The molecule has 0 saturated heterocycles. The van der Waals surface area contributed by atoms with Crippen LogP contribution in [0.3, 0.4) is 0 Å². The summed E-state index contributed by atoms with van der Waals surface area (Å²) in [5.74, 6) is 1.52. The predicted molar refractivity (Wildman–Crippen MR) is 131 cm³/mol. The van der Waals surface area contributed by atoms with Crippen LogP contribution in [0.1, 0.15) is 39.9 Å². The second-order valence-corrected chi connectivity index (χ2v) is 7.99. The maximum absolute atomic E-state index is 12.8. The van der Waals surface area contributed by atoms with Crippen molar-refractivity contribution in [1.82, 2.24) is 9.55 Å². The summed E-state index contributed by atoms with van der Waals surface area (Å²) in [5.41, 5.74) is 0.449. The minimum atomic E-state index is -1.05. The third-order valence-electron chi connectivity index (χ3n) is 5.61. The lowest BCUT2D eigenvalue weighted by Gasteiger charge is -2.27. The van der Waals surface area contributed by atoms with Gasteiger partial charge >= 0.3 is 5.97 Å². The van der Waals surface area contributed by atoms with Gasteiger partial charge in [-0.05, 0) is 44.5 Å². The van der Waals surface area contributed by atoms with Crippen molar-refractivity contribution in [2.45, 2.75) is 52.7 Å². The summed E-state index contributed by atoms with van der Waals surface area (Å²) in [6.45, 7) is 8.35. The summed E-state index contributed by atoms with van der Waals surface area (Å²) < 4.78 is 18.5. The van der Waals surface area contributed by atoms with Gasteiger partial charge in [-0.15, -0.1) is 0 Å². The van der Waals surface area contributed by atoms with Crippen molar-refractivity contribution >= 4 is 5.97 Å². The minimum absolute atomic E-state index is 0.101. The molecule has 0 aliphatic rings. The zero-order valence-electron chi connectivity index (χ0n) is 20.2. The lowest BCUT2D eigenvalue weighted by molar-refractivity contribution is -0.160. The highest BCUT2D eigenvalue weighted by atomic mass is 16.6. The molecule has 7 heteroatoms. The third-order valence-corrected chi connectivity index (χ3v) is 5.61. The molecule has 0 fully saturated rings. The number of aryl methyl sites for hydroxylation is 1. The molecule has 7 nitrogen and oxygen atoms in total. The SMILES string of the molecule is CCOC(=O)C(C)(CC)Oc1ccc(OCCn2c(CC)nc(-c3ccccc3)cc2=O)cc1. The average Bonchev–Trinajstić information content (AvgIpc) is 2.86. The van der Waals surface area contributed by atoms with E-state index in [1.807, 2.05) is 44.2 Å². The molecule has 0 spiro atoms. The average molecular weight is 465 g/mol. The van der Waals surface area contributed by atoms with Crippen molar-refractivity contribution in [3.63, 3.8) is 0 Å². The first-order valence-electron chi connectivity index (χ1n) is 11.7. The Balaban J connectivity index is 1.63. The van der Waals surface area contributed by atoms with Crippen molar-refractivity contribution in [2.75, 3.05) is 13.2 Å². The Labute approximate surface area is 200 Å². The molecule has 0 aliphatic heterocycles. The number of hydrogen-bond donors (Lipinski definition) is 0. The maximum atomic E-state index is 12.8. The Morgan fingerprint density at radius 3 is 2.29 bits per heavy atom. The molecule has 1 unspecified atom stereocenters. The van der Waals surface area contributed by atoms with Gasteiger partial charge in [0, 0.05) is 18.1 Å². The zero-order chi connectivity index (χ0) is 24.6. The lowest BCUT2D eigenvalue weighted by Crippen LogP contribution is -2.42. The molecule has 2 aromatic carbocycles. The van der Waals surface area contributed by atoms with Gasteiger partial charge in [-0.25, -0.2) is 9.78 Å². The molecule has 3 rings (SSSR count). The third kappa shape index (κ3) is 6.04. The van der Waals surface area contributed by atoms with Crippen molar-refractivity contribution in [1.29, 1.82) is 0 Å². The van der Waals surface area contributed by atoms with E-state index < -0.39 is 5.60 Å². The maximum Gasteiger partial charge on any atom is 0.350 e. The first-order valence-corrected chi connectivity index (χ1v) is 11.7. The number of ether oxygens (including phenoxy) is 3. The number of rotatable bonds is 11. The lowest BCUT2D eigenvalue weighted by atomic mass is 10.0. The van der Waals surface area contributed by atoms with Crippen LogP contribution in [0.5, 0.6) is 11.5 Å². The Morgan fingerprint density at radius 2 is 1.68 bits per heavy atom. The molecule has 34 heavy (non-hydrogen) atoms. The fraction of sp³-hybridized carbons (Fsp3) is 0.370. The van der Waals surface area contributed by atoms with Gasteiger partial charge < -0.3 is 14.2 Å². The van der Waals surface area contributed by atoms with Crippen LogP contribution in [0.4, 0.5) is 0 Å². The molecule has 0 bridgehead atoms. The smallest absolute Gasteiger partial charge is 0.350 e. The summed E-state index contributed by atoms with van der Waals surface area (Å²) in [5, 5.41) is 0. The fourth-order valence-electron chi connectivity index (χ4n) is 3.48. The monoisotopic (exact) mass is 464 g/mol. The second-order valence-electron chi connectivity index (χ2n) is 7.99. The molecular weight excluding hydrogens is 432 g/mol. The van der Waals surface area contributed by atoms with Gasteiger partial charge in [0.05, 0.1) is 18.8 Å².